The van der Waals surface area contributed by atoms with E-state index in [1.165, 1.54) is 6.39 Å². The first-order valence-corrected chi connectivity index (χ1v) is 10.4. The molecular formula is C25H24N4O3. The average molecular weight is 428 g/mol. The van der Waals surface area contributed by atoms with Crippen LogP contribution in [0, 0.1) is 0 Å². The largest absolute Gasteiger partial charge is 0.496 e. The molecule has 4 aromatic rings. The molecule has 5 rings (SSSR count). The lowest BCUT2D eigenvalue weighted by molar-refractivity contribution is 0.0988. The first-order valence-electron chi connectivity index (χ1n) is 10.4. The Kier molecular flexibility index (Phi) is 4.62. The van der Waals surface area contributed by atoms with Crippen molar-refractivity contribution in [3.8, 4) is 17.0 Å². The van der Waals surface area contributed by atoms with Gasteiger partial charge in [-0.15, -0.1) is 0 Å². The fraction of sp³-hybridized carbons (Fsp3) is 0.240. The van der Waals surface area contributed by atoms with Crippen LogP contribution in [0.4, 0.5) is 5.69 Å². The van der Waals surface area contributed by atoms with Crippen LogP contribution in [-0.4, -0.2) is 28.2 Å². The molecule has 0 fully saturated rings. The van der Waals surface area contributed by atoms with Gasteiger partial charge in [0.15, 0.2) is 6.39 Å². The second-order valence-electron chi connectivity index (χ2n) is 8.85. The van der Waals surface area contributed by atoms with Gasteiger partial charge in [-0.3, -0.25) is 14.8 Å². The summed E-state index contributed by atoms with van der Waals surface area (Å²) >= 11 is 0. The van der Waals surface area contributed by atoms with Gasteiger partial charge < -0.3 is 9.15 Å². The number of H-pyrrole nitrogens is 1. The zero-order chi connectivity index (χ0) is 22.5. The number of oxazole rings is 1. The van der Waals surface area contributed by atoms with Crippen LogP contribution in [0.15, 0.2) is 65.6 Å². The van der Waals surface area contributed by atoms with Crippen molar-refractivity contribution in [1.29, 1.82) is 0 Å². The fourth-order valence-electron chi connectivity index (χ4n) is 4.32. The van der Waals surface area contributed by atoms with E-state index in [2.05, 4.69) is 36.0 Å². The lowest BCUT2D eigenvalue weighted by Crippen LogP contribution is -2.30. The molecule has 32 heavy (non-hydrogen) atoms. The molecular weight excluding hydrogens is 404 g/mol. The van der Waals surface area contributed by atoms with Crippen molar-refractivity contribution >= 4 is 11.6 Å². The molecule has 0 radical (unpaired) electrons. The standard InChI is InChI=1S/C25H24N4O3/c1-25(2,3)23-20-21(27-28-23)24(30)29(22(20)17-7-5-6-8-19(17)31-4)16-11-9-15(10-12-16)18-13-32-14-26-18/h5-14,22H,1-4H3,(H,27,28). The number of aromatic amines is 1. The van der Waals surface area contributed by atoms with Gasteiger partial charge in [0, 0.05) is 27.8 Å². The highest BCUT2D eigenvalue weighted by Crippen LogP contribution is 2.47. The first-order chi connectivity index (χ1) is 15.4. The molecule has 1 unspecified atom stereocenters. The zero-order valence-corrected chi connectivity index (χ0v) is 18.4. The van der Waals surface area contributed by atoms with Gasteiger partial charge in [0.25, 0.3) is 5.91 Å². The summed E-state index contributed by atoms with van der Waals surface area (Å²) in [5.74, 6) is 0.608. The van der Waals surface area contributed by atoms with Crippen LogP contribution in [0.25, 0.3) is 11.3 Å². The molecule has 162 valence electrons. The number of anilines is 1. The molecule has 1 atom stereocenters. The molecule has 2 aromatic heterocycles. The molecule has 0 aliphatic carbocycles. The minimum Gasteiger partial charge on any atom is -0.496 e. The number of carbonyl (C=O) groups excluding carboxylic acids is 1. The third-order valence-corrected chi connectivity index (χ3v) is 5.79. The molecule has 0 saturated heterocycles. The van der Waals surface area contributed by atoms with Gasteiger partial charge in [0.2, 0.25) is 0 Å². The Balaban J connectivity index is 1.68. The van der Waals surface area contributed by atoms with Crippen LogP contribution in [0.3, 0.4) is 0 Å². The van der Waals surface area contributed by atoms with Gasteiger partial charge in [-0.2, -0.15) is 5.10 Å². The van der Waals surface area contributed by atoms with E-state index in [4.69, 9.17) is 9.15 Å². The number of amides is 1. The van der Waals surface area contributed by atoms with Gasteiger partial charge in [-0.05, 0) is 18.2 Å². The minimum atomic E-state index is -0.362. The minimum absolute atomic E-state index is 0.118. The van der Waals surface area contributed by atoms with Crippen molar-refractivity contribution in [3.05, 3.63) is 83.7 Å². The number of hydrogen-bond donors (Lipinski definition) is 1. The molecule has 7 nitrogen and oxygen atoms in total. The van der Waals surface area contributed by atoms with Crippen LogP contribution in [0.1, 0.15) is 54.1 Å². The summed E-state index contributed by atoms with van der Waals surface area (Å²) < 4.78 is 10.8. The number of aromatic nitrogens is 3. The van der Waals surface area contributed by atoms with Crippen molar-refractivity contribution in [2.24, 2.45) is 0 Å². The lowest BCUT2D eigenvalue weighted by Gasteiger charge is -2.29. The third-order valence-electron chi connectivity index (χ3n) is 5.79. The number of rotatable bonds is 4. The van der Waals surface area contributed by atoms with Gasteiger partial charge >= 0.3 is 0 Å². The van der Waals surface area contributed by atoms with Crippen molar-refractivity contribution in [2.45, 2.75) is 32.2 Å². The quantitative estimate of drug-likeness (QED) is 0.488. The molecule has 3 heterocycles. The summed E-state index contributed by atoms with van der Waals surface area (Å²) in [5, 5.41) is 7.54. The number of methoxy groups -OCH3 is 1. The van der Waals surface area contributed by atoms with Crippen molar-refractivity contribution in [3.63, 3.8) is 0 Å². The van der Waals surface area contributed by atoms with E-state index in [0.717, 1.165) is 39.5 Å². The summed E-state index contributed by atoms with van der Waals surface area (Å²) in [6.45, 7) is 6.30. The zero-order valence-electron chi connectivity index (χ0n) is 18.4. The van der Waals surface area contributed by atoms with Crippen molar-refractivity contribution in [1.82, 2.24) is 15.2 Å². The molecule has 0 spiro atoms. The van der Waals surface area contributed by atoms with Gasteiger partial charge in [0.1, 0.15) is 23.4 Å². The number of nitrogens with zero attached hydrogens (tertiary/aromatic N) is 3. The number of para-hydroxylation sites is 1. The molecule has 1 amide bonds. The number of fused-ring (bicyclic) bond motifs is 1. The van der Waals surface area contributed by atoms with Crippen molar-refractivity contribution < 1.29 is 13.9 Å². The van der Waals surface area contributed by atoms with Crippen LogP contribution < -0.4 is 9.64 Å². The van der Waals surface area contributed by atoms with Crippen LogP contribution in [0.5, 0.6) is 5.75 Å². The van der Waals surface area contributed by atoms with E-state index in [1.807, 2.05) is 53.4 Å². The van der Waals surface area contributed by atoms with Crippen LogP contribution in [-0.2, 0) is 5.41 Å². The Bertz CT molecular complexity index is 1270. The summed E-state index contributed by atoms with van der Waals surface area (Å²) in [6, 6.07) is 15.2. The van der Waals surface area contributed by atoms with Gasteiger partial charge in [0.05, 0.1) is 18.8 Å². The Labute approximate surface area is 186 Å². The normalized spacial score (nSPS) is 15.8. The lowest BCUT2D eigenvalue weighted by atomic mass is 9.85. The molecule has 1 aliphatic heterocycles. The number of nitrogens with one attached hydrogen (secondary N) is 1. The molecule has 1 aliphatic rings. The average Bonchev–Trinajstić information content (AvgIpc) is 3.51. The molecule has 1 N–H and O–H groups in total. The van der Waals surface area contributed by atoms with Gasteiger partial charge in [-0.1, -0.05) is 51.1 Å². The summed E-state index contributed by atoms with van der Waals surface area (Å²) in [5.41, 5.74) is 5.40. The van der Waals surface area contributed by atoms with Crippen molar-refractivity contribution in [2.75, 3.05) is 12.0 Å². The van der Waals surface area contributed by atoms with Crippen LogP contribution >= 0.6 is 0 Å². The topological polar surface area (TPSA) is 84.2 Å². The summed E-state index contributed by atoms with van der Waals surface area (Å²) in [4.78, 5) is 19.6. The second kappa shape index (κ2) is 7.37. The highest BCUT2D eigenvalue weighted by Gasteiger charge is 2.45. The van der Waals surface area contributed by atoms with Crippen LogP contribution in [0.2, 0.25) is 0 Å². The number of ether oxygens (including phenoxy) is 1. The molecule has 2 aromatic carbocycles. The van der Waals surface area contributed by atoms with E-state index < -0.39 is 0 Å². The molecule has 0 saturated carbocycles. The predicted molar refractivity (Wildman–Crippen MR) is 121 cm³/mol. The number of benzene rings is 2. The van der Waals surface area contributed by atoms with E-state index in [-0.39, 0.29) is 17.4 Å². The summed E-state index contributed by atoms with van der Waals surface area (Å²) in [6.07, 6.45) is 3.00. The monoisotopic (exact) mass is 428 g/mol. The Morgan fingerprint density at radius 2 is 1.84 bits per heavy atom. The molecule has 7 heteroatoms. The Morgan fingerprint density at radius 3 is 2.50 bits per heavy atom. The second-order valence-corrected chi connectivity index (χ2v) is 8.85. The highest BCUT2D eigenvalue weighted by molar-refractivity contribution is 6.11. The fourth-order valence-corrected chi connectivity index (χ4v) is 4.32. The van der Waals surface area contributed by atoms with Gasteiger partial charge in [-0.25, -0.2) is 4.98 Å². The van der Waals surface area contributed by atoms with E-state index in [1.54, 1.807) is 13.4 Å². The van der Waals surface area contributed by atoms with E-state index in [9.17, 15) is 4.79 Å². The SMILES string of the molecule is COc1ccccc1C1c2c(C(C)(C)C)n[nH]c2C(=O)N1c1ccc(-c2cocn2)cc1. The summed E-state index contributed by atoms with van der Waals surface area (Å²) in [7, 11) is 1.65. The van der Waals surface area contributed by atoms with E-state index in [0.29, 0.717) is 5.69 Å². The third kappa shape index (κ3) is 3.09. The maximum Gasteiger partial charge on any atom is 0.277 e. The maximum atomic E-state index is 13.6. The van der Waals surface area contributed by atoms with E-state index >= 15 is 0 Å². The molecule has 0 bridgehead atoms. The Hall–Kier alpha value is -3.87. The predicted octanol–water partition coefficient (Wildman–Crippen LogP) is 5.12. The first kappa shape index (κ1) is 20.1. The number of hydrogen-bond acceptors (Lipinski definition) is 5. The Morgan fingerprint density at radius 1 is 1.09 bits per heavy atom. The maximum absolute atomic E-state index is 13.6. The number of carbonyl (C=O) groups is 1. The highest BCUT2D eigenvalue weighted by atomic mass is 16.5. The smallest absolute Gasteiger partial charge is 0.277 e.